The third kappa shape index (κ3) is 3.10. The van der Waals surface area contributed by atoms with Crippen LogP contribution >= 0.6 is 0 Å². The molecule has 2 aromatic rings. The zero-order chi connectivity index (χ0) is 12.3. The van der Waals surface area contributed by atoms with Gasteiger partial charge >= 0.3 is 0 Å². The molecule has 90 valence electrons. The molecule has 0 aliphatic carbocycles. The lowest BCUT2D eigenvalue weighted by Gasteiger charge is -2.04. The van der Waals surface area contributed by atoms with E-state index in [-0.39, 0.29) is 6.54 Å². The first kappa shape index (κ1) is 11.7. The van der Waals surface area contributed by atoms with Crippen LogP contribution in [0.2, 0.25) is 0 Å². The Morgan fingerprint density at radius 1 is 1.24 bits per heavy atom. The largest absolute Gasteiger partial charge is 0.307 e. The van der Waals surface area contributed by atoms with Gasteiger partial charge in [0.25, 0.3) is 0 Å². The first-order chi connectivity index (χ1) is 8.15. The Hall–Kier alpha value is -1.75. The van der Waals surface area contributed by atoms with Gasteiger partial charge in [0.1, 0.15) is 11.6 Å². The minimum Gasteiger partial charge on any atom is -0.307 e. The molecule has 1 heterocycles. The number of hydrogen-bond donors (Lipinski definition) is 1. The summed E-state index contributed by atoms with van der Waals surface area (Å²) >= 11 is 0. The minimum atomic E-state index is -0.430. The van der Waals surface area contributed by atoms with E-state index in [9.17, 15) is 8.78 Å². The van der Waals surface area contributed by atoms with Crippen molar-refractivity contribution in [1.29, 1.82) is 0 Å². The molecule has 1 aromatic carbocycles. The van der Waals surface area contributed by atoms with Crippen molar-refractivity contribution in [1.82, 2.24) is 15.1 Å². The summed E-state index contributed by atoms with van der Waals surface area (Å²) in [5.41, 5.74) is 1.19. The van der Waals surface area contributed by atoms with Crippen LogP contribution in [0.15, 0.2) is 30.5 Å². The summed E-state index contributed by atoms with van der Waals surface area (Å²) in [5.74, 6) is -0.832. The van der Waals surface area contributed by atoms with E-state index in [4.69, 9.17) is 0 Å². The topological polar surface area (TPSA) is 29.9 Å². The fourth-order valence-electron chi connectivity index (χ4n) is 1.56. The first-order valence-electron chi connectivity index (χ1n) is 5.28. The van der Waals surface area contributed by atoms with Crippen LogP contribution in [-0.2, 0) is 20.1 Å². The lowest BCUT2D eigenvalue weighted by Crippen LogP contribution is -2.14. The van der Waals surface area contributed by atoms with Crippen LogP contribution in [0, 0.1) is 11.6 Å². The monoisotopic (exact) mass is 237 g/mol. The average molecular weight is 237 g/mol. The van der Waals surface area contributed by atoms with Crippen LogP contribution in [0.4, 0.5) is 8.78 Å². The first-order valence-corrected chi connectivity index (χ1v) is 5.28. The number of hydrogen-bond acceptors (Lipinski definition) is 2. The SMILES string of the molecule is Cn1ccc(CNCc2cc(F)ccc2F)n1. The van der Waals surface area contributed by atoms with Crippen LogP contribution < -0.4 is 5.32 Å². The highest BCUT2D eigenvalue weighted by Gasteiger charge is 2.03. The van der Waals surface area contributed by atoms with E-state index in [1.807, 2.05) is 19.3 Å². The highest BCUT2D eigenvalue weighted by molar-refractivity contribution is 5.18. The van der Waals surface area contributed by atoms with Crippen molar-refractivity contribution in [3.8, 4) is 0 Å². The summed E-state index contributed by atoms with van der Waals surface area (Å²) in [6, 6.07) is 5.31. The van der Waals surface area contributed by atoms with Crippen LogP contribution in [0.1, 0.15) is 11.3 Å². The molecular weight excluding hydrogens is 224 g/mol. The van der Waals surface area contributed by atoms with Gasteiger partial charge in [-0.2, -0.15) is 5.10 Å². The van der Waals surface area contributed by atoms with E-state index in [0.29, 0.717) is 12.1 Å². The average Bonchev–Trinajstić information content (AvgIpc) is 2.69. The van der Waals surface area contributed by atoms with Crippen molar-refractivity contribution in [2.24, 2.45) is 7.05 Å². The normalized spacial score (nSPS) is 10.8. The molecule has 0 unspecified atom stereocenters. The molecule has 3 nitrogen and oxygen atoms in total. The predicted octanol–water partition coefficient (Wildman–Crippen LogP) is 1.99. The second-order valence-corrected chi connectivity index (χ2v) is 3.82. The standard InChI is InChI=1S/C12H13F2N3/c1-17-5-4-11(16-17)8-15-7-9-6-10(13)2-3-12(9)14/h2-6,15H,7-8H2,1H3. The molecule has 0 aliphatic rings. The number of halogens is 2. The second kappa shape index (κ2) is 5.05. The molecule has 0 amide bonds. The Kier molecular flexibility index (Phi) is 3.49. The molecule has 0 radical (unpaired) electrons. The molecule has 1 aromatic heterocycles. The van der Waals surface area contributed by atoms with E-state index in [1.54, 1.807) is 4.68 Å². The molecular formula is C12H13F2N3. The van der Waals surface area contributed by atoms with Gasteiger partial charge in [0.2, 0.25) is 0 Å². The Bertz CT molecular complexity index is 508. The molecule has 2 rings (SSSR count). The number of aromatic nitrogens is 2. The van der Waals surface area contributed by atoms with Crippen molar-refractivity contribution in [2.75, 3.05) is 0 Å². The smallest absolute Gasteiger partial charge is 0.127 e. The quantitative estimate of drug-likeness (QED) is 0.881. The van der Waals surface area contributed by atoms with Gasteiger partial charge in [-0.05, 0) is 24.3 Å². The maximum absolute atomic E-state index is 13.3. The number of rotatable bonds is 4. The fourth-order valence-corrected chi connectivity index (χ4v) is 1.56. The van der Waals surface area contributed by atoms with E-state index in [1.165, 1.54) is 6.07 Å². The third-order valence-corrected chi connectivity index (χ3v) is 2.40. The summed E-state index contributed by atoms with van der Waals surface area (Å²) < 4.78 is 27.9. The summed E-state index contributed by atoms with van der Waals surface area (Å²) in [7, 11) is 1.83. The van der Waals surface area contributed by atoms with Gasteiger partial charge < -0.3 is 5.32 Å². The van der Waals surface area contributed by atoms with Crippen molar-refractivity contribution in [3.63, 3.8) is 0 Å². The number of benzene rings is 1. The summed E-state index contributed by atoms with van der Waals surface area (Å²) in [4.78, 5) is 0. The van der Waals surface area contributed by atoms with Crippen LogP contribution in [0.5, 0.6) is 0 Å². The Morgan fingerprint density at radius 2 is 2.06 bits per heavy atom. The van der Waals surface area contributed by atoms with Crippen LogP contribution in [0.25, 0.3) is 0 Å². The van der Waals surface area contributed by atoms with Gasteiger partial charge in [-0.25, -0.2) is 8.78 Å². The lowest BCUT2D eigenvalue weighted by molar-refractivity contribution is 0.566. The number of nitrogens with one attached hydrogen (secondary N) is 1. The van der Waals surface area contributed by atoms with E-state index in [0.717, 1.165) is 17.8 Å². The molecule has 0 bridgehead atoms. The molecule has 0 saturated heterocycles. The predicted molar refractivity (Wildman–Crippen MR) is 60.1 cm³/mol. The maximum atomic E-state index is 13.3. The zero-order valence-corrected chi connectivity index (χ0v) is 9.45. The van der Waals surface area contributed by atoms with Crippen molar-refractivity contribution < 1.29 is 8.78 Å². The minimum absolute atomic E-state index is 0.278. The van der Waals surface area contributed by atoms with Crippen molar-refractivity contribution >= 4 is 0 Å². The molecule has 5 heteroatoms. The zero-order valence-electron chi connectivity index (χ0n) is 9.45. The van der Waals surface area contributed by atoms with Crippen LogP contribution in [-0.4, -0.2) is 9.78 Å². The van der Waals surface area contributed by atoms with Gasteiger partial charge in [-0.15, -0.1) is 0 Å². The molecule has 0 aliphatic heterocycles. The van der Waals surface area contributed by atoms with Gasteiger partial charge in [0.15, 0.2) is 0 Å². The highest BCUT2D eigenvalue weighted by Crippen LogP contribution is 2.09. The second-order valence-electron chi connectivity index (χ2n) is 3.82. The van der Waals surface area contributed by atoms with Crippen molar-refractivity contribution in [2.45, 2.75) is 13.1 Å². The third-order valence-electron chi connectivity index (χ3n) is 2.40. The lowest BCUT2D eigenvalue weighted by atomic mass is 10.2. The summed E-state index contributed by atoms with van der Waals surface area (Å²) in [6.45, 7) is 0.803. The molecule has 0 spiro atoms. The number of aryl methyl sites for hydroxylation is 1. The molecule has 0 saturated carbocycles. The van der Waals surface area contributed by atoms with Gasteiger partial charge in [0.05, 0.1) is 5.69 Å². The summed E-state index contributed by atoms with van der Waals surface area (Å²) in [6.07, 6.45) is 1.83. The molecule has 1 N–H and O–H groups in total. The summed E-state index contributed by atoms with van der Waals surface area (Å²) in [5, 5.41) is 7.19. The van der Waals surface area contributed by atoms with Crippen LogP contribution in [0.3, 0.4) is 0 Å². The molecule has 17 heavy (non-hydrogen) atoms. The van der Waals surface area contributed by atoms with Gasteiger partial charge in [0, 0.05) is 31.9 Å². The Labute approximate surface area is 98.1 Å². The maximum Gasteiger partial charge on any atom is 0.127 e. The Balaban J connectivity index is 1.91. The van der Waals surface area contributed by atoms with Gasteiger partial charge in [-0.3, -0.25) is 4.68 Å². The molecule has 0 fully saturated rings. The van der Waals surface area contributed by atoms with E-state index >= 15 is 0 Å². The number of nitrogens with zero attached hydrogens (tertiary/aromatic N) is 2. The van der Waals surface area contributed by atoms with Gasteiger partial charge in [-0.1, -0.05) is 0 Å². The highest BCUT2D eigenvalue weighted by atomic mass is 19.1. The van der Waals surface area contributed by atoms with E-state index < -0.39 is 11.6 Å². The Morgan fingerprint density at radius 3 is 2.76 bits per heavy atom. The fraction of sp³-hybridized carbons (Fsp3) is 0.250. The van der Waals surface area contributed by atoms with E-state index in [2.05, 4.69) is 10.4 Å². The van der Waals surface area contributed by atoms with Crippen molar-refractivity contribution in [3.05, 3.63) is 53.4 Å². The molecule has 0 atom stereocenters.